The Morgan fingerprint density at radius 1 is 0.547 bits per heavy atom. The Balaban J connectivity index is 0.00000308. The first kappa shape index (κ1) is 41.9. The van der Waals surface area contributed by atoms with Crippen molar-refractivity contribution in [2.75, 3.05) is 0 Å². The van der Waals surface area contributed by atoms with E-state index in [0.29, 0.717) is 5.92 Å². The number of benzene rings is 4. The third-order valence-corrected chi connectivity index (χ3v) is 11.7. The van der Waals surface area contributed by atoms with E-state index in [0.717, 1.165) is 24.0 Å². The van der Waals surface area contributed by atoms with Gasteiger partial charge in [-0.3, -0.25) is 0 Å². The lowest BCUT2D eigenvalue weighted by atomic mass is 9.87. The van der Waals surface area contributed by atoms with E-state index in [-0.39, 0.29) is 0 Å². The van der Waals surface area contributed by atoms with Gasteiger partial charge >= 0.3 is 0 Å². The molecule has 3 unspecified atom stereocenters. The van der Waals surface area contributed by atoms with Crippen molar-refractivity contribution < 1.29 is 0 Å². The van der Waals surface area contributed by atoms with Gasteiger partial charge in [0, 0.05) is 17.2 Å². The number of nitrogens with two attached hydrogens (primary N) is 1. The van der Waals surface area contributed by atoms with Gasteiger partial charge in [-0.05, 0) is 106 Å². The fraction of sp³-hybridized carbons (Fsp3) is 0.462. The molecule has 4 aromatic carbocycles. The van der Waals surface area contributed by atoms with Gasteiger partial charge in [0.25, 0.3) is 0 Å². The van der Waals surface area contributed by atoms with Gasteiger partial charge in [0.05, 0.1) is 0 Å². The monoisotopic (exact) mass is 710 g/mol. The second-order valence-corrected chi connectivity index (χ2v) is 15.6. The maximum atomic E-state index is 6.61. The van der Waals surface area contributed by atoms with Crippen LogP contribution in [0, 0.1) is 11.8 Å². The molecule has 1 heteroatoms. The van der Waals surface area contributed by atoms with Crippen LogP contribution in [0.4, 0.5) is 0 Å². The van der Waals surface area contributed by atoms with Gasteiger partial charge in [0.1, 0.15) is 0 Å². The summed E-state index contributed by atoms with van der Waals surface area (Å²) in [5.41, 5.74) is 22.0. The van der Waals surface area contributed by atoms with Crippen molar-refractivity contribution in [1.29, 1.82) is 0 Å². The molecule has 1 nitrogen and oxygen atoms in total. The van der Waals surface area contributed by atoms with E-state index in [2.05, 4.69) is 139 Å². The summed E-state index contributed by atoms with van der Waals surface area (Å²) in [5, 5.41) is 0. The summed E-state index contributed by atoms with van der Waals surface area (Å²) in [5.74, 6) is 1.91. The van der Waals surface area contributed by atoms with Gasteiger partial charge in [-0.25, -0.2) is 0 Å². The van der Waals surface area contributed by atoms with E-state index in [1.54, 1.807) is 0 Å². The van der Waals surface area contributed by atoms with E-state index in [9.17, 15) is 0 Å². The van der Waals surface area contributed by atoms with Crippen LogP contribution in [0.1, 0.15) is 159 Å². The Hall–Kier alpha value is -3.84. The minimum Gasteiger partial charge on any atom is -0.398 e. The molecule has 284 valence electrons. The Morgan fingerprint density at radius 3 is 1.51 bits per heavy atom. The Bertz CT molecular complexity index is 1650. The summed E-state index contributed by atoms with van der Waals surface area (Å²) in [6.07, 6.45) is 20.7. The molecule has 0 saturated carbocycles. The first-order valence-electron chi connectivity index (χ1n) is 21.4. The lowest BCUT2D eigenvalue weighted by Crippen LogP contribution is -2.04. The summed E-state index contributed by atoms with van der Waals surface area (Å²) >= 11 is 0. The number of hydrogen-bond acceptors (Lipinski definition) is 1. The lowest BCUT2D eigenvalue weighted by Gasteiger charge is -2.18. The zero-order valence-corrected chi connectivity index (χ0v) is 34.7. The molecule has 3 atom stereocenters. The number of rotatable bonds is 18. The van der Waals surface area contributed by atoms with Crippen molar-refractivity contribution in [2.24, 2.45) is 17.6 Å². The SMILES string of the molecule is CC.CCCCCC(CC)Cc1ccc(-c2cc(Cc3ccc4c(c3)C(N)=CC=C(C)C4C)cc(-c3ccc(CC(CC)CCCCC)cc3)c2)cc1. The molecule has 2 N–H and O–H groups in total. The average molecular weight is 710 g/mol. The molecule has 1 aliphatic rings. The van der Waals surface area contributed by atoms with E-state index < -0.39 is 0 Å². The van der Waals surface area contributed by atoms with Crippen LogP contribution < -0.4 is 5.73 Å². The summed E-state index contributed by atoms with van der Waals surface area (Å²) < 4.78 is 0. The molecule has 0 bridgehead atoms. The molecule has 0 aromatic heterocycles. The van der Waals surface area contributed by atoms with Crippen LogP contribution >= 0.6 is 0 Å². The summed E-state index contributed by atoms with van der Waals surface area (Å²) in [6, 6.07) is 33.1. The highest BCUT2D eigenvalue weighted by Crippen LogP contribution is 2.35. The van der Waals surface area contributed by atoms with Gasteiger partial charge in [0.2, 0.25) is 0 Å². The molecular formula is C52H71N. The molecule has 0 radical (unpaired) electrons. The third-order valence-electron chi connectivity index (χ3n) is 11.7. The minimum atomic E-state index is 0.361. The number of hydrogen-bond donors (Lipinski definition) is 1. The largest absolute Gasteiger partial charge is 0.398 e. The first-order valence-corrected chi connectivity index (χ1v) is 21.4. The van der Waals surface area contributed by atoms with Crippen molar-refractivity contribution >= 4 is 5.70 Å². The van der Waals surface area contributed by atoms with Gasteiger partial charge in [-0.15, -0.1) is 0 Å². The van der Waals surface area contributed by atoms with Crippen molar-refractivity contribution in [2.45, 2.75) is 145 Å². The van der Waals surface area contributed by atoms with E-state index in [1.165, 1.54) is 138 Å². The van der Waals surface area contributed by atoms with Gasteiger partial charge in [0.15, 0.2) is 0 Å². The van der Waals surface area contributed by atoms with Crippen LogP contribution in [0.25, 0.3) is 28.0 Å². The molecule has 4 aromatic rings. The van der Waals surface area contributed by atoms with Crippen molar-refractivity contribution in [3.63, 3.8) is 0 Å². The lowest BCUT2D eigenvalue weighted by molar-refractivity contribution is 0.442. The maximum absolute atomic E-state index is 6.61. The van der Waals surface area contributed by atoms with Crippen LogP contribution in [0.15, 0.2) is 103 Å². The molecule has 0 heterocycles. The van der Waals surface area contributed by atoms with Crippen molar-refractivity contribution in [3.8, 4) is 22.3 Å². The molecule has 53 heavy (non-hydrogen) atoms. The van der Waals surface area contributed by atoms with Gasteiger partial charge in [-0.1, -0.05) is 197 Å². The Kier molecular flexibility index (Phi) is 17.2. The van der Waals surface area contributed by atoms with E-state index >= 15 is 0 Å². The topological polar surface area (TPSA) is 26.0 Å². The molecule has 1 aliphatic carbocycles. The Morgan fingerprint density at radius 2 is 1.04 bits per heavy atom. The highest BCUT2D eigenvalue weighted by molar-refractivity contribution is 5.75. The van der Waals surface area contributed by atoms with Crippen molar-refractivity contribution in [3.05, 3.63) is 136 Å². The van der Waals surface area contributed by atoms with E-state index in [1.807, 2.05) is 13.8 Å². The first-order chi connectivity index (χ1) is 25.8. The standard InChI is InChI=1S/C50H65N.C2H6/c1-7-11-13-15-38(9-3)29-40-18-23-44(24-19-40)46-32-43(31-42-22-27-48-37(6)36(5)17-28-50(51)49(48)34-42)33-47(35-46)45-25-20-41(21-26-45)30-39(10-4)16-14-12-8-2;1-2/h17-28,32-35,37-39H,7-16,29-31,51H2,1-6H3;1-2H3. The predicted octanol–water partition coefficient (Wildman–Crippen LogP) is 15.3. The molecular weight excluding hydrogens is 639 g/mol. The van der Waals surface area contributed by atoms with Crippen LogP contribution in [0.3, 0.4) is 0 Å². The molecule has 0 saturated heterocycles. The summed E-state index contributed by atoms with van der Waals surface area (Å²) in [4.78, 5) is 0. The summed E-state index contributed by atoms with van der Waals surface area (Å²) in [7, 11) is 0. The molecule has 0 fully saturated rings. The van der Waals surface area contributed by atoms with Crippen molar-refractivity contribution in [1.82, 2.24) is 0 Å². The fourth-order valence-corrected chi connectivity index (χ4v) is 8.01. The molecule has 0 spiro atoms. The number of unbranched alkanes of at least 4 members (excludes halogenated alkanes) is 4. The van der Waals surface area contributed by atoms with Gasteiger partial charge in [-0.2, -0.15) is 0 Å². The molecule has 5 rings (SSSR count). The van der Waals surface area contributed by atoms with Crippen LogP contribution in [-0.2, 0) is 19.3 Å². The second-order valence-electron chi connectivity index (χ2n) is 15.6. The van der Waals surface area contributed by atoms with Crippen LogP contribution in [0.2, 0.25) is 0 Å². The Labute approximate surface area is 325 Å². The van der Waals surface area contributed by atoms with Gasteiger partial charge < -0.3 is 5.73 Å². The zero-order valence-electron chi connectivity index (χ0n) is 34.7. The van der Waals surface area contributed by atoms with E-state index in [4.69, 9.17) is 5.73 Å². The quantitative estimate of drug-likeness (QED) is 0.102. The zero-order chi connectivity index (χ0) is 38.2. The number of fused-ring (bicyclic) bond motifs is 1. The second kappa shape index (κ2) is 21.8. The normalized spacial score (nSPS) is 15.0. The minimum absolute atomic E-state index is 0.361. The molecule has 0 aliphatic heterocycles. The van der Waals surface area contributed by atoms with Crippen LogP contribution in [-0.4, -0.2) is 0 Å². The fourth-order valence-electron chi connectivity index (χ4n) is 8.01. The van der Waals surface area contributed by atoms with Crippen LogP contribution in [0.5, 0.6) is 0 Å². The average Bonchev–Trinajstić information content (AvgIpc) is 3.29. The highest BCUT2D eigenvalue weighted by atomic mass is 14.6. The predicted molar refractivity (Wildman–Crippen MR) is 236 cm³/mol. The smallest absolute Gasteiger partial charge is 0.0390 e. The highest BCUT2D eigenvalue weighted by Gasteiger charge is 2.18. The maximum Gasteiger partial charge on any atom is 0.0390 e. The third kappa shape index (κ3) is 12.1. The molecule has 0 amide bonds. The summed E-state index contributed by atoms with van der Waals surface area (Å²) in [6.45, 7) is 17.8. The number of allylic oxidation sites excluding steroid dienone is 3.